The van der Waals surface area contributed by atoms with Gasteiger partial charge in [-0.3, -0.25) is 0 Å². The molecule has 92 valence electrons. The number of nitrogens with one attached hydrogen (secondary N) is 1. The molecule has 0 aliphatic heterocycles. The van der Waals surface area contributed by atoms with E-state index < -0.39 is 0 Å². The summed E-state index contributed by atoms with van der Waals surface area (Å²) in [4.78, 5) is 0. The highest BCUT2D eigenvalue weighted by molar-refractivity contribution is 5.86. The third kappa shape index (κ3) is 2.06. The third-order valence-electron chi connectivity index (χ3n) is 2.81. The molecule has 1 aromatic carbocycles. The first-order chi connectivity index (χ1) is 8.19. The molecule has 3 nitrogen and oxygen atoms in total. The summed E-state index contributed by atoms with van der Waals surface area (Å²) in [6, 6.07) is 3.19. The van der Waals surface area contributed by atoms with Gasteiger partial charge in [-0.15, -0.1) is 0 Å². The molecule has 0 bridgehead atoms. The average Bonchev–Trinajstić information content (AvgIpc) is 2.66. The zero-order valence-corrected chi connectivity index (χ0v) is 10.3. The normalized spacial score (nSPS) is 11.3. The molecular weight excluding hydrogens is 221 g/mol. The van der Waals surface area contributed by atoms with Crippen LogP contribution >= 0.6 is 0 Å². The summed E-state index contributed by atoms with van der Waals surface area (Å²) in [6.07, 6.45) is 0. The standard InChI is InChI=1S/C13H16FNO2/c1-8-4-5-10(14)13-12(8)9(7-16-3)11(17-13)6-15-2/h4-5,15H,6-7H2,1-3H3. The maximum atomic E-state index is 13.7. The van der Waals surface area contributed by atoms with Gasteiger partial charge in [0.15, 0.2) is 11.4 Å². The number of methoxy groups -OCH3 is 1. The molecule has 0 spiro atoms. The minimum absolute atomic E-state index is 0.322. The Hall–Kier alpha value is -1.39. The van der Waals surface area contributed by atoms with Crippen molar-refractivity contribution in [2.45, 2.75) is 20.1 Å². The minimum Gasteiger partial charge on any atom is -0.456 e. The van der Waals surface area contributed by atoms with E-state index in [1.807, 2.05) is 14.0 Å². The highest BCUT2D eigenvalue weighted by atomic mass is 19.1. The Morgan fingerprint density at radius 2 is 2.18 bits per heavy atom. The van der Waals surface area contributed by atoms with Crippen molar-refractivity contribution < 1.29 is 13.5 Å². The summed E-state index contributed by atoms with van der Waals surface area (Å²) in [6.45, 7) is 2.93. The highest BCUT2D eigenvalue weighted by Crippen LogP contribution is 2.31. The molecule has 0 saturated heterocycles. The van der Waals surface area contributed by atoms with Crippen LogP contribution in [0.5, 0.6) is 0 Å². The van der Waals surface area contributed by atoms with Gasteiger partial charge in [-0.05, 0) is 25.6 Å². The van der Waals surface area contributed by atoms with Crippen LogP contribution in [-0.4, -0.2) is 14.2 Å². The number of benzene rings is 1. The zero-order valence-electron chi connectivity index (χ0n) is 10.3. The lowest BCUT2D eigenvalue weighted by Gasteiger charge is -2.02. The molecule has 0 aliphatic carbocycles. The van der Waals surface area contributed by atoms with Crippen molar-refractivity contribution in [3.63, 3.8) is 0 Å². The molecule has 17 heavy (non-hydrogen) atoms. The molecular formula is C13H16FNO2. The van der Waals surface area contributed by atoms with Gasteiger partial charge in [-0.25, -0.2) is 4.39 Å². The predicted octanol–water partition coefficient (Wildman–Crippen LogP) is 2.75. The molecule has 1 aromatic heterocycles. The second-order valence-corrected chi connectivity index (χ2v) is 4.04. The average molecular weight is 237 g/mol. The zero-order chi connectivity index (χ0) is 12.4. The third-order valence-corrected chi connectivity index (χ3v) is 2.81. The van der Waals surface area contributed by atoms with E-state index in [1.54, 1.807) is 13.2 Å². The van der Waals surface area contributed by atoms with E-state index in [0.717, 1.165) is 22.3 Å². The molecule has 1 N–H and O–H groups in total. The maximum Gasteiger partial charge on any atom is 0.170 e. The van der Waals surface area contributed by atoms with E-state index in [-0.39, 0.29) is 5.82 Å². The minimum atomic E-state index is -0.328. The second-order valence-electron chi connectivity index (χ2n) is 4.04. The summed E-state index contributed by atoms with van der Waals surface area (Å²) in [5, 5.41) is 3.84. The van der Waals surface area contributed by atoms with E-state index >= 15 is 0 Å². The molecule has 0 unspecified atom stereocenters. The van der Waals surface area contributed by atoms with Crippen LogP contribution in [0.3, 0.4) is 0 Å². The van der Waals surface area contributed by atoms with Crippen molar-refractivity contribution in [2.24, 2.45) is 0 Å². The number of aryl methyl sites for hydroxylation is 1. The second kappa shape index (κ2) is 4.85. The van der Waals surface area contributed by atoms with Gasteiger partial charge in [-0.2, -0.15) is 0 Å². The van der Waals surface area contributed by atoms with Gasteiger partial charge >= 0.3 is 0 Å². The van der Waals surface area contributed by atoms with E-state index in [9.17, 15) is 4.39 Å². The molecule has 0 saturated carbocycles. The molecule has 4 heteroatoms. The van der Waals surface area contributed by atoms with E-state index in [4.69, 9.17) is 9.15 Å². The molecule has 0 amide bonds. The molecule has 2 aromatic rings. The Balaban J connectivity index is 2.70. The van der Waals surface area contributed by atoms with Crippen LogP contribution < -0.4 is 5.32 Å². The van der Waals surface area contributed by atoms with E-state index in [1.165, 1.54) is 6.07 Å². The Morgan fingerprint density at radius 3 is 2.82 bits per heavy atom. The first-order valence-corrected chi connectivity index (χ1v) is 5.52. The van der Waals surface area contributed by atoms with Crippen LogP contribution in [0.15, 0.2) is 16.5 Å². The predicted molar refractivity (Wildman–Crippen MR) is 64.4 cm³/mol. The molecule has 0 atom stereocenters. The lowest BCUT2D eigenvalue weighted by molar-refractivity contribution is 0.183. The Kier molecular flexibility index (Phi) is 3.45. The van der Waals surface area contributed by atoms with Crippen LogP contribution in [0.25, 0.3) is 11.0 Å². The van der Waals surface area contributed by atoms with Crippen LogP contribution in [0.1, 0.15) is 16.9 Å². The number of halogens is 1. The fourth-order valence-corrected chi connectivity index (χ4v) is 2.06. The lowest BCUT2D eigenvalue weighted by Crippen LogP contribution is -2.06. The van der Waals surface area contributed by atoms with Gasteiger partial charge in [0.1, 0.15) is 5.76 Å². The molecule has 1 heterocycles. The summed E-state index contributed by atoms with van der Waals surface area (Å²) in [5.74, 6) is 0.405. The SMILES string of the molecule is CNCc1oc2c(F)ccc(C)c2c1COC. The number of rotatable bonds is 4. The van der Waals surface area contributed by atoms with Crippen LogP contribution in [0.2, 0.25) is 0 Å². The summed E-state index contributed by atoms with van der Waals surface area (Å²) in [7, 11) is 3.45. The lowest BCUT2D eigenvalue weighted by atomic mass is 10.1. The largest absolute Gasteiger partial charge is 0.456 e. The quantitative estimate of drug-likeness (QED) is 0.887. The maximum absolute atomic E-state index is 13.7. The summed E-state index contributed by atoms with van der Waals surface area (Å²) >= 11 is 0. The van der Waals surface area contributed by atoms with Gasteiger partial charge < -0.3 is 14.5 Å². The first kappa shape index (κ1) is 12.1. The van der Waals surface area contributed by atoms with E-state index in [2.05, 4.69) is 5.32 Å². The van der Waals surface area contributed by atoms with Crippen LogP contribution in [-0.2, 0) is 17.9 Å². The van der Waals surface area contributed by atoms with Gasteiger partial charge in [-0.1, -0.05) is 6.07 Å². The van der Waals surface area contributed by atoms with Crippen molar-refractivity contribution in [2.75, 3.05) is 14.2 Å². The number of hydrogen-bond donors (Lipinski definition) is 1. The Morgan fingerprint density at radius 1 is 1.41 bits per heavy atom. The number of fused-ring (bicyclic) bond motifs is 1. The Labute approximate surface area is 99.6 Å². The van der Waals surface area contributed by atoms with Crippen molar-refractivity contribution in [3.05, 3.63) is 34.8 Å². The number of hydrogen-bond acceptors (Lipinski definition) is 3. The molecule has 0 radical (unpaired) electrons. The topological polar surface area (TPSA) is 34.4 Å². The molecule has 0 fully saturated rings. The van der Waals surface area contributed by atoms with Gasteiger partial charge in [0.2, 0.25) is 0 Å². The van der Waals surface area contributed by atoms with E-state index in [0.29, 0.717) is 18.7 Å². The molecule has 0 aliphatic rings. The Bertz CT molecular complexity index is 534. The summed E-state index contributed by atoms with van der Waals surface area (Å²) in [5.41, 5.74) is 2.25. The fourth-order valence-electron chi connectivity index (χ4n) is 2.06. The van der Waals surface area contributed by atoms with Crippen molar-refractivity contribution in [3.8, 4) is 0 Å². The molecule has 2 rings (SSSR count). The first-order valence-electron chi connectivity index (χ1n) is 5.52. The smallest absolute Gasteiger partial charge is 0.170 e. The van der Waals surface area contributed by atoms with Crippen molar-refractivity contribution in [1.82, 2.24) is 5.32 Å². The van der Waals surface area contributed by atoms with Crippen LogP contribution in [0.4, 0.5) is 4.39 Å². The van der Waals surface area contributed by atoms with Gasteiger partial charge in [0, 0.05) is 18.1 Å². The fraction of sp³-hybridized carbons (Fsp3) is 0.385. The van der Waals surface area contributed by atoms with Crippen molar-refractivity contribution in [1.29, 1.82) is 0 Å². The van der Waals surface area contributed by atoms with Gasteiger partial charge in [0.25, 0.3) is 0 Å². The van der Waals surface area contributed by atoms with Gasteiger partial charge in [0.05, 0.1) is 13.2 Å². The monoisotopic (exact) mass is 237 g/mol. The number of ether oxygens (including phenoxy) is 1. The highest BCUT2D eigenvalue weighted by Gasteiger charge is 2.18. The number of furan rings is 1. The summed E-state index contributed by atoms with van der Waals surface area (Å²) < 4.78 is 24.4. The van der Waals surface area contributed by atoms with Crippen LogP contribution in [0, 0.1) is 12.7 Å². The van der Waals surface area contributed by atoms with Crippen molar-refractivity contribution >= 4 is 11.0 Å².